The maximum absolute atomic E-state index is 11.3. The minimum absolute atomic E-state index is 0.100. The van der Waals surface area contributed by atoms with E-state index in [0.29, 0.717) is 12.2 Å². The molecule has 66 valence electrons. The Morgan fingerprint density at radius 2 is 2.42 bits per heavy atom. The lowest BCUT2D eigenvalue weighted by molar-refractivity contribution is 0.0951. The van der Waals surface area contributed by atoms with Crippen molar-refractivity contribution in [3.8, 4) is 0 Å². The molecular formula is C7H9BrN2OS. The van der Waals surface area contributed by atoms with Crippen molar-refractivity contribution in [2.24, 2.45) is 0 Å². The molecule has 1 aromatic rings. The summed E-state index contributed by atoms with van der Waals surface area (Å²) in [6.07, 6.45) is 0. The van der Waals surface area contributed by atoms with Crippen LogP contribution >= 0.6 is 27.3 Å². The zero-order valence-corrected chi connectivity index (χ0v) is 9.25. The van der Waals surface area contributed by atoms with Gasteiger partial charge in [-0.3, -0.25) is 4.79 Å². The third-order valence-electron chi connectivity index (χ3n) is 1.32. The van der Waals surface area contributed by atoms with Gasteiger partial charge < -0.3 is 5.32 Å². The van der Waals surface area contributed by atoms with E-state index >= 15 is 0 Å². The molecule has 1 amide bonds. The first-order chi connectivity index (χ1) is 5.65. The molecule has 0 aromatic carbocycles. The lowest BCUT2D eigenvalue weighted by Gasteiger charge is -1.97. The molecule has 3 nitrogen and oxygen atoms in total. The molecule has 0 atom stereocenters. The van der Waals surface area contributed by atoms with Gasteiger partial charge in [0.05, 0.1) is 0 Å². The van der Waals surface area contributed by atoms with E-state index in [2.05, 4.69) is 26.2 Å². The molecule has 0 fully saturated rings. The minimum Gasteiger partial charge on any atom is -0.351 e. The van der Waals surface area contributed by atoms with E-state index in [1.54, 1.807) is 0 Å². The Kier molecular flexibility index (Phi) is 3.22. The Labute approximate surface area is 83.3 Å². The van der Waals surface area contributed by atoms with E-state index in [1.807, 2.05) is 13.8 Å². The van der Waals surface area contributed by atoms with Gasteiger partial charge in [0.2, 0.25) is 0 Å². The first-order valence-electron chi connectivity index (χ1n) is 3.56. The molecule has 12 heavy (non-hydrogen) atoms. The monoisotopic (exact) mass is 248 g/mol. The van der Waals surface area contributed by atoms with E-state index in [9.17, 15) is 4.79 Å². The molecule has 0 saturated heterocycles. The number of carbonyl (C=O) groups excluding carboxylic acids is 1. The summed E-state index contributed by atoms with van der Waals surface area (Å²) in [6.45, 7) is 4.40. The number of nitrogens with zero attached hydrogens (tertiary/aromatic N) is 1. The number of hydrogen-bond acceptors (Lipinski definition) is 3. The summed E-state index contributed by atoms with van der Waals surface area (Å²) >= 11 is 4.70. The van der Waals surface area contributed by atoms with Gasteiger partial charge in [0.25, 0.3) is 5.91 Å². The topological polar surface area (TPSA) is 42.0 Å². The van der Waals surface area contributed by atoms with E-state index in [-0.39, 0.29) is 5.91 Å². The zero-order valence-electron chi connectivity index (χ0n) is 6.85. The molecule has 1 aromatic heterocycles. The highest BCUT2D eigenvalue weighted by Gasteiger charge is 2.12. The van der Waals surface area contributed by atoms with Crippen LogP contribution in [0.5, 0.6) is 0 Å². The van der Waals surface area contributed by atoms with E-state index in [4.69, 9.17) is 0 Å². The van der Waals surface area contributed by atoms with Crippen LogP contribution in [0.4, 0.5) is 0 Å². The summed E-state index contributed by atoms with van der Waals surface area (Å²) < 4.78 is 0.751. The molecule has 5 heteroatoms. The first kappa shape index (κ1) is 9.67. The molecule has 0 aliphatic carbocycles. The summed E-state index contributed by atoms with van der Waals surface area (Å²) in [7, 11) is 0. The van der Waals surface area contributed by atoms with Crippen molar-refractivity contribution in [3.05, 3.63) is 14.5 Å². The fourth-order valence-corrected chi connectivity index (χ4v) is 2.35. The highest BCUT2D eigenvalue weighted by molar-refractivity contribution is 9.11. The number of carbonyl (C=O) groups is 1. The molecule has 0 aliphatic heterocycles. The summed E-state index contributed by atoms with van der Waals surface area (Å²) in [4.78, 5) is 16.3. The fraction of sp³-hybridized carbons (Fsp3) is 0.429. The van der Waals surface area contributed by atoms with Crippen LogP contribution in [0.2, 0.25) is 0 Å². The number of aromatic nitrogens is 1. The van der Waals surface area contributed by atoms with Crippen LogP contribution in [-0.4, -0.2) is 17.4 Å². The third kappa shape index (κ3) is 2.04. The predicted molar refractivity (Wildman–Crippen MR) is 52.6 cm³/mol. The third-order valence-corrected chi connectivity index (χ3v) is 2.75. The smallest absolute Gasteiger partial charge is 0.271 e. The lowest BCUT2D eigenvalue weighted by Crippen LogP contribution is -2.23. The second-order valence-electron chi connectivity index (χ2n) is 2.23. The molecule has 0 unspecified atom stereocenters. The number of rotatable bonds is 2. The fourth-order valence-electron chi connectivity index (χ4n) is 0.819. The summed E-state index contributed by atoms with van der Waals surface area (Å²) in [5.41, 5.74) is 0.522. The number of aryl methyl sites for hydroxylation is 1. The summed E-state index contributed by atoms with van der Waals surface area (Å²) in [6, 6.07) is 0. The maximum atomic E-state index is 11.3. The largest absolute Gasteiger partial charge is 0.351 e. The number of hydrogen-bond donors (Lipinski definition) is 1. The van der Waals surface area contributed by atoms with Gasteiger partial charge in [-0.1, -0.05) is 0 Å². The number of thiazole rings is 1. The molecule has 0 aliphatic rings. The normalized spacial score (nSPS) is 9.92. The Hall–Kier alpha value is -0.420. The van der Waals surface area contributed by atoms with Gasteiger partial charge >= 0.3 is 0 Å². The van der Waals surface area contributed by atoms with Gasteiger partial charge in [-0.2, -0.15) is 0 Å². The minimum atomic E-state index is -0.100. The van der Waals surface area contributed by atoms with Crippen molar-refractivity contribution in [1.82, 2.24) is 10.3 Å². The van der Waals surface area contributed by atoms with Crippen molar-refractivity contribution in [1.29, 1.82) is 0 Å². The van der Waals surface area contributed by atoms with Crippen molar-refractivity contribution >= 4 is 33.2 Å². The second-order valence-corrected chi connectivity index (χ2v) is 4.71. The summed E-state index contributed by atoms with van der Waals surface area (Å²) in [5, 5.41) is 2.70. The second kappa shape index (κ2) is 4.00. The highest BCUT2D eigenvalue weighted by Crippen LogP contribution is 2.21. The van der Waals surface area contributed by atoms with Gasteiger partial charge in [0.1, 0.15) is 5.69 Å². The van der Waals surface area contributed by atoms with E-state index in [1.165, 1.54) is 11.3 Å². The Bertz CT molecular complexity index is 298. The van der Waals surface area contributed by atoms with Crippen LogP contribution in [0.15, 0.2) is 3.92 Å². The van der Waals surface area contributed by atoms with Crippen molar-refractivity contribution in [2.45, 2.75) is 13.8 Å². The standard InChI is InChI=1S/C7H9BrN2OS/c1-3-9-6(11)5-4(2)12-7(8)10-5/h3H2,1-2H3,(H,9,11). The molecule has 0 radical (unpaired) electrons. The molecule has 0 saturated carbocycles. The van der Waals surface area contributed by atoms with Gasteiger partial charge in [-0.25, -0.2) is 4.98 Å². The average molecular weight is 249 g/mol. The number of halogens is 1. The van der Waals surface area contributed by atoms with Crippen molar-refractivity contribution in [3.63, 3.8) is 0 Å². The first-order valence-corrected chi connectivity index (χ1v) is 5.17. The van der Waals surface area contributed by atoms with Crippen LogP contribution in [0.3, 0.4) is 0 Å². The van der Waals surface area contributed by atoms with Crippen LogP contribution < -0.4 is 5.32 Å². The number of nitrogens with one attached hydrogen (secondary N) is 1. The molecular weight excluding hydrogens is 240 g/mol. The van der Waals surface area contributed by atoms with E-state index in [0.717, 1.165) is 8.79 Å². The zero-order chi connectivity index (χ0) is 9.14. The Balaban J connectivity index is 2.87. The maximum Gasteiger partial charge on any atom is 0.271 e. The van der Waals surface area contributed by atoms with Crippen LogP contribution in [-0.2, 0) is 0 Å². The lowest BCUT2D eigenvalue weighted by atomic mass is 10.3. The molecule has 1 heterocycles. The summed E-state index contributed by atoms with van der Waals surface area (Å²) in [5.74, 6) is -0.100. The van der Waals surface area contributed by atoms with Crippen LogP contribution in [0.25, 0.3) is 0 Å². The van der Waals surface area contributed by atoms with E-state index < -0.39 is 0 Å². The SMILES string of the molecule is CCNC(=O)c1nc(Br)sc1C. The Morgan fingerprint density at radius 1 is 1.75 bits per heavy atom. The van der Waals surface area contributed by atoms with Gasteiger partial charge in [-0.05, 0) is 29.8 Å². The average Bonchev–Trinajstić information content (AvgIpc) is 2.30. The quantitative estimate of drug-likeness (QED) is 0.870. The Morgan fingerprint density at radius 3 is 2.83 bits per heavy atom. The van der Waals surface area contributed by atoms with Gasteiger partial charge in [-0.15, -0.1) is 11.3 Å². The van der Waals surface area contributed by atoms with Gasteiger partial charge in [0, 0.05) is 11.4 Å². The van der Waals surface area contributed by atoms with Gasteiger partial charge in [0.15, 0.2) is 3.92 Å². The molecule has 0 bridgehead atoms. The predicted octanol–water partition coefficient (Wildman–Crippen LogP) is 1.96. The highest BCUT2D eigenvalue weighted by atomic mass is 79.9. The van der Waals surface area contributed by atoms with Crippen LogP contribution in [0, 0.1) is 6.92 Å². The number of amides is 1. The molecule has 0 spiro atoms. The van der Waals surface area contributed by atoms with Crippen molar-refractivity contribution in [2.75, 3.05) is 6.54 Å². The molecule has 1 N–H and O–H groups in total. The van der Waals surface area contributed by atoms with Crippen molar-refractivity contribution < 1.29 is 4.79 Å². The van der Waals surface area contributed by atoms with Crippen LogP contribution in [0.1, 0.15) is 22.3 Å². The molecule has 1 rings (SSSR count).